The maximum atomic E-state index is 11.9. The predicted octanol–water partition coefficient (Wildman–Crippen LogP) is 12.5. The average molecular weight is 1110 g/mol. The summed E-state index contributed by atoms with van der Waals surface area (Å²) < 4.78 is 80.9. The molecule has 6 aliphatic heterocycles. The minimum absolute atomic E-state index is 0.190. The van der Waals surface area contributed by atoms with Gasteiger partial charge in [0.05, 0.1) is 34.5 Å². The van der Waals surface area contributed by atoms with Gasteiger partial charge in [-0.2, -0.15) is 8.42 Å². The van der Waals surface area contributed by atoms with E-state index in [1.165, 1.54) is 24.3 Å². The van der Waals surface area contributed by atoms with Gasteiger partial charge in [0, 0.05) is 55.2 Å². The van der Waals surface area contributed by atoms with Crippen LogP contribution in [0.3, 0.4) is 0 Å². The van der Waals surface area contributed by atoms with Gasteiger partial charge in [-0.3, -0.25) is 4.55 Å². The lowest BCUT2D eigenvalue weighted by Gasteiger charge is -2.39. The SMILES string of the molecule is CC1(C)CCC2(CC1)OC1=CC3c4nc(nc5[nH]c(nc6nc([nH]c7nc(n4)C4C=C8OC9(CCC(C)(C)CC9)OC8=CC74)C4C=CC(Oc7ccc(S(=O)(=O)O)cc7)=CC64)c4cc6c(cc54)OC4(CCC(C)(C)CC4)O6)C3C=C1O2. The first-order valence-electron chi connectivity index (χ1n) is 28.8. The van der Waals surface area contributed by atoms with E-state index in [1.54, 1.807) is 0 Å². The summed E-state index contributed by atoms with van der Waals surface area (Å²) in [5.74, 6) is 3.98. The normalized spacial score (nSPS) is 29.0. The lowest BCUT2D eigenvalue weighted by Crippen LogP contribution is -2.44. The van der Waals surface area contributed by atoms with Gasteiger partial charge in [-0.1, -0.05) is 47.6 Å². The first kappa shape index (κ1) is 49.6. The van der Waals surface area contributed by atoms with E-state index in [0.29, 0.717) is 92.3 Å². The van der Waals surface area contributed by atoms with Gasteiger partial charge in [-0.25, -0.2) is 29.9 Å². The molecule has 3 N–H and O–H groups in total. The Hall–Kier alpha value is -7.25. The zero-order chi connectivity index (χ0) is 55.2. The fraction of sp³-hybridized carbons (Fsp3) is 0.484. The van der Waals surface area contributed by atoms with Crippen LogP contribution >= 0.6 is 0 Å². The first-order chi connectivity index (χ1) is 38.6. The highest BCUT2D eigenvalue weighted by Gasteiger charge is 2.53. The van der Waals surface area contributed by atoms with Gasteiger partial charge >= 0.3 is 0 Å². The number of aromatic nitrogens is 8. The third kappa shape index (κ3) is 8.28. The summed E-state index contributed by atoms with van der Waals surface area (Å²) in [6.07, 6.45) is 24.9. The van der Waals surface area contributed by atoms with Crippen LogP contribution in [0.25, 0.3) is 22.1 Å². The number of ether oxygens (including phenoxy) is 7. The minimum atomic E-state index is -4.40. The monoisotopic (exact) mass is 1110 g/mol. The molecule has 6 aliphatic carbocycles. The molecule has 2 saturated heterocycles. The van der Waals surface area contributed by atoms with Gasteiger partial charge in [0.1, 0.15) is 57.7 Å². The molecule has 5 fully saturated rings. The van der Waals surface area contributed by atoms with E-state index < -0.39 is 33.4 Å². The number of aromatic amines is 2. The second-order valence-corrected chi connectivity index (χ2v) is 28.2. The number of allylic oxidation sites excluding steroid dienone is 7. The fourth-order valence-corrected chi connectivity index (χ4v) is 14.4. The molecular formula is C62H64N8O10S. The standard InChI is InChI=1S/C62H64N8O10S/c1-57(2)13-19-60(20-14-57)75-43-26-37-38(27-44(43)76-60)53-66-51(37)64-49-35-12-9-33(74-32-7-10-34(11-8-32)81(71,72)73)25-36(35)50(63-49)65-52-39-28-45-46(78-61(77-45)21-15-58(3,4)16-22-61)29-40(39)54(67-52)69-56-42-31-48-47(30-41(42)55(68-53)70-56)79-62(80-48)23-17-59(5,6)18-24-62/h7-12,25-31,35-38,41-42,67H,13-24H2,1-6H3,(H,71,72,73)(H,63,64,65,66,68,69,70). The number of rotatable bonds is 3. The summed E-state index contributed by atoms with van der Waals surface area (Å²) in [4.78, 5) is 39.6. The molecule has 16 rings (SSSR count). The molecule has 418 valence electrons. The van der Waals surface area contributed by atoms with Crippen molar-refractivity contribution in [1.29, 1.82) is 0 Å². The van der Waals surface area contributed by atoms with E-state index in [4.69, 9.17) is 63.1 Å². The van der Waals surface area contributed by atoms with Gasteiger partial charge in [-0.05, 0) is 128 Å². The smallest absolute Gasteiger partial charge is 0.294 e. The first-order valence-corrected chi connectivity index (χ1v) is 30.2. The Bertz CT molecular complexity index is 3950. The highest BCUT2D eigenvalue weighted by molar-refractivity contribution is 7.85. The molecule has 3 spiro atoms. The Morgan fingerprint density at radius 3 is 1.36 bits per heavy atom. The third-order valence-corrected chi connectivity index (χ3v) is 20.2. The van der Waals surface area contributed by atoms with Crippen molar-refractivity contribution in [2.24, 2.45) is 16.2 Å². The second kappa shape index (κ2) is 16.7. The molecule has 19 heteroatoms. The van der Waals surface area contributed by atoms with Crippen LogP contribution in [0.2, 0.25) is 0 Å². The van der Waals surface area contributed by atoms with Gasteiger partial charge < -0.3 is 43.1 Å². The second-order valence-electron chi connectivity index (χ2n) is 26.8. The molecule has 8 bridgehead atoms. The Labute approximate surface area is 468 Å². The van der Waals surface area contributed by atoms with Crippen LogP contribution in [-0.2, 0) is 29.1 Å². The maximum absolute atomic E-state index is 11.9. The molecule has 2 aromatic carbocycles. The van der Waals surface area contributed by atoms with Crippen molar-refractivity contribution in [3.8, 4) is 17.2 Å². The van der Waals surface area contributed by atoms with Crippen molar-refractivity contribution in [3.63, 3.8) is 0 Å². The summed E-state index contributed by atoms with van der Waals surface area (Å²) in [5, 5.41) is 1.53. The van der Waals surface area contributed by atoms with E-state index in [2.05, 4.69) is 75.8 Å². The Morgan fingerprint density at radius 2 is 0.877 bits per heavy atom. The number of fused-ring (bicyclic) bond motifs is 23. The summed E-state index contributed by atoms with van der Waals surface area (Å²) in [5.41, 5.74) is 1.65. The topological polar surface area (TPSA) is 228 Å². The van der Waals surface area contributed by atoms with E-state index >= 15 is 0 Å². The van der Waals surface area contributed by atoms with Crippen LogP contribution in [0.1, 0.15) is 189 Å². The van der Waals surface area contributed by atoms with E-state index in [1.807, 2.05) is 30.4 Å². The lowest BCUT2D eigenvalue weighted by molar-refractivity contribution is -0.172. The molecule has 6 unspecified atom stereocenters. The molecule has 3 saturated carbocycles. The fourth-order valence-electron chi connectivity index (χ4n) is 14.0. The number of H-pyrrole nitrogens is 2. The molecule has 81 heavy (non-hydrogen) atoms. The number of hydrogen-bond donors (Lipinski definition) is 3. The van der Waals surface area contributed by atoms with Crippen LogP contribution in [0.4, 0.5) is 0 Å². The van der Waals surface area contributed by atoms with E-state index in [9.17, 15) is 13.0 Å². The predicted molar refractivity (Wildman–Crippen MR) is 294 cm³/mol. The molecule has 18 nitrogen and oxygen atoms in total. The van der Waals surface area contributed by atoms with Crippen LogP contribution in [0.5, 0.6) is 17.2 Å². The number of nitrogens with zero attached hydrogens (tertiary/aromatic N) is 6. The van der Waals surface area contributed by atoms with Crippen molar-refractivity contribution in [2.75, 3.05) is 0 Å². The Morgan fingerprint density at radius 1 is 0.481 bits per heavy atom. The molecule has 0 radical (unpaired) electrons. The van der Waals surface area contributed by atoms with Crippen molar-refractivity contribution < 1.29 is 46.1 Å². The molecule has 0 amide bonds. The average Bonchev–Trinajstić information content (AvgIpc) is 4.40. The molecule has 12 aliphatic rings. The third-order valence-electron chi connectivity index (χ3n) is 19.3. The van der Waals surface area contributed by atoms with Crippen molar-refractivity contribution in [3.05, 3.63) is 143 Å². The highest BCUT2D eigenvalue weighted by Crippen LogP contribution is 2.57. The lowest BCUT2D eigenvalue weighted by atomic mass is 9.75. The van der Waals surface area contributed by atoms with Gasteiger partial charge in [0.2, 0.25) is 0 Å². The Balaban J connectivity index is 0.883. The van der Waals surface area contributed by atoms with E-state index in [0.717, 1.165) is 87.8 Å². The van der Waals surface area contributed by atoms with Crippen molar-refractivity contribution in [2.45, 2.75) is 176 Å². The highest BCUT2D eigenvalue weighted by atomic mass is 32.2. The molecule has 4 aromatic rings. The number of hydrogen-bond acceptors (Lipinski definition) is 15. The van der Waals surface area contributed by atoms with E-state index in [-0.39, 0.29) is 50.7 Å². The van der Waals surface area contributed by atoms with Crippen LogP contribution in [0.15, 0.2) is 113 Å². The summed E-state index contributed by atoms with van der Waals surface area (Å²) in [6.45, 7) is 13.8. The summed E-state index contributed by atoms with van der Waals surface area (Å²) in [7, 11) is -4.40. The molecule has 8 heterocycles. The molecule has 2 aromatic heterocycles. The summed E-state index contributed by atoms with van der Waals surface area (Å²) >= 11 is 0. The van der Waals surface area contributed by atoms with Crippen LogP contribution in [-0.4, -0.2) is 70.2 Å². The Kier molecular flexibility index (Phi) is 10.2. The maximum Gasteiger partial charge on any atom is 0.294 e. The zero-order valence-corrected chi connectivity index (χ0v) is 47.0. The van der Waals surface area contributed by atoms with Gasteiger partial charge in [0.15, 0.2) is 34.5 Å². The van der Waals surface area contributed by atoms with Crippen molar-refractivity contribution in [1.82, 2.24) is 39.9 Å². The largest absolute Gasteiger partial charge is 0.458 e. The minimum Gasteiger partial charge on any atom is -0.458 e. The zero-order valence-electron chi connectivity index (χ0n) is 46.2. The van der Waals surface area contributed by atoms with Gasteiger partial charge in [-0.15, -0.1) is 0 Å². The molecular weight excluding hydrogens is 1050 g/mol. The summed E-state index contributed by atoms with van der Waals surface area (Å²) in [6, 6.07) is 9.63. The van der Waals surface area contributed by atoms with Crippen LogP contribution < -0.4 is 14.2 Å². The molecule has 6 atom stereocenters. The number of nitrogens with one attached hydrogen (secondary N) is 2. The number of benzene rings is 2. The van der Waals surface area contributed by atoms with Crippen molar-refractivity contribution >= 4 is 32.2 Å². The quantitative estimate of drug-likeness (QED) is 0.162. The van der Waals surface area contributed by atoms with Gasteiger partial charge in [0.25, 0.3) is 27.5 Å². The van der Waals surface area contributed by atoms with Crippen LogP contribution in [0, 0.1) is 16.2 Å².